The lowest BCUT2D eigenvalue weighted by Crippen LogP contribution is -2.45. The van der Waals surface area contributed by atoms with Crippen molar-refractivity contribution in [3.05, 3.63) is 35.9 Å². The van der Waals surface area contributed by atoms with Gasteiger partial charge in [0.25, 0.3) is 0 Å². The molecule has 1 saturated carbocycles. The van der Waals surface area contributed by atoms with Gasteiger partial charge in [-0.1, -0.05) is 75.7 Å². The van der Waals surface area contributed by atoms with E-state index in [9.17, 15) is 0 Å². The Bertz CT molecular complexity index is 1040. The van der Waals surface area contributed by atoms with Crippen molar-refractivity contribution in [3.8, 4) is 17.1 Å². The summed E-state index contributed by atoms with van der Waals surface area (Å²) in [6, 6.07) is 8.32. The molecule has 6 heteroatoms. The fourth-order valence-electron chi connectivity index (χ4n) is 5.82. The van der Waals surface area contributed by atoms with Crippen LogP contribution in [0, 0.1) is 23.2 Å². The Morgan fingerprint density at radius 3 is 2.91 bits per heavy atom. The number of unbranched alkanes of at least 4 members (excludes halogenated alkanes) is 1. The minimum atomic E-state index is -0.133. The second-order valence-corrected chi connectivity index (χ2v) is 11.7. The zero-order chi connectivity index (χ0) is 23.0. The van der Waals surface area contributed by atoms with Gasteiger partial charge in [0.2, 0.25) is 11.0 Å². The summed E-state index contributed by atoms with van der Waals surface area (Å²) in [4.78, 5) is 4.84. The molecule has 2 aromatic rings. The number of thioether (sulfide) groups is 1. The molecule has 2 heterocycles. The van der Waals surface area contributed by atoms with E-state index in [0.29, 0.717) is 34.2 Å². The number of rotatable bonds is 5. The standard InChI is InChI=1S/C27H36N4OS/c1-5-6-14-33-26-29-25-23(30-31-26)19-11-7-8-12-22(19)28-24(32-25)20-16-21-18(15-17(20)2)10-9-13-27(21,3)4/h7-8,10-12,17,20-21,24,28H,5-6,9,13-16H2,1-4H3/t17-,20+,21+,24-/m0/s1. The van der Waals surface area contributed by atoms with Crippen molar-refractivity contribution in [1.29, 1.82) is 0 Å². The summed E-state index contributed by atoms with van der Waals surface area (Å²) in [5.41, 5.74) is 4.82. The van der Waals surface area contributed by atoms with Crippen LogP contribution >= 0.6 is 11.8 Å². The smallest absolute Gasteiger partial charge is 0.247 e. The summed E-state index contributed by atoms with van der Waals surface area (Å²) in [5, 5.41) is 13.4. The summed E-state index contributed by atoms with van der Waals surface area (Å²) in [6.07, 6.45) is 9.48. The number of nitrogens with one attached hydrogen (secondary N) is 1. The van der Waals surface area contributed by atoms with Crippen molar-refractivity contribution in [3.63, 3.8) is 0 Å². The van der Waals surface area contributed by atoms with E-state index in [1.165, 1.54) is 12.8 Å². The van der Waals surface area contributed by atoms with Gasteiger partial charge >= 0.3 is 0 Å². The van der Waals surface area contributed by atoms with Crippen LogP contribution in [0.15, 0.2) is 41.1 Å². The van der Waals surface area contributed by atoms with Gasteiger partial charge in [-0.25, -0.2) is 0 Å². The zero-order valence-electron chi connectivity index (χ0n) is 20.3. The Morgan fingerprint density at radius 2 is 2.06 bits per heavy atom. The number of hydrogen-bond acceptors (Lipinski definition) is 6. The first-order chi connectivity index (χ1) is 16.0. The second kappa shape index (κ2) is 9.28. The lowest BCUT2D eigenvalue weighted by atomic mass is 9.59. The van der Waals surface area contributed by atoms with E-state index in [1.54, 1.807) is 17.3 Å². The molecule has 0 unspecified atom stereocenters. The van der Waals surface area contributed by atoms with Crippen LogP contribution in [0.4, 0.5) is 5.69 Å². The van der Waals surface area contributed by atoms with Gasteiger partial charge in [-0.05, 0) is 55.4 Å². The maximum absolute atomic E-state index is 6.69. The molecule has 3 aliphatic rings. The van der Waals surface area contributed by atoms with Gasteiger partial charge in [-0.3, -0.25) is 0 Å². The molecule has 1 fully saturated rings. The molecule has 176 valence electrons. The number of benzene rings is 1. The number of ether oxygens (including phenoxy) is 1. The lowest BCUT2D eigenvalue weighted by Gasteiger charge is -2.48. The number of allylic oxidation sites excluding steroid dienone is 2. The average molecular weight is 465 g/mol. The molecule has 5 nitrogen and oxygen atoms in total. The minimum Gasteiger partial charge on any atom is -0.452 e. The van der Waals surface area contributed by atoms with Crippen LogP contribution in [0.2, 0.25) is 0 Å². The van der Waals surface area contributed by atoms with Crippen LogP contribution in [-0.4, -0.2) is 27.2 Å². The maximum Gasteiger partial charge on any atom is 0.247 e. The summed E-state index contributed by atoms with van der Waals surface area (Å²) < 4.78 is 6.69. The van der Waals surface area contributed by atoms with Gasteiger partial charge in [-0.15, -0.1) is 10.2 Å². The van der Waals surface area contributed by atoms with Crippen molar-refractivity contribution in [1.82, 2.24) is 15.2 Å². The first-order valence-electron chi connectivity index (χ1n) is 12.6. The third kappa shape index (κ3) is 4.51. The van der Waals surface area contributed by atoms with E-state index in [2.05, 4.69) is 67.5 Å². The molecule has 4 atom stereocenters. The highest BCUT2D eigenvalue weighted by atomic mass is 32.2. The van der Waals surface area contributed by atoms with E-state index in [-0.39, 0.29) is 6.23 Å². The highest BCUT2D eigenvalue weighted by molar-refractivity contribution is 7.99. The van der Waals surface area contributed by atoms with Gasteiger partial charge in [-0.2, -0.15) is 4.98 Å². The van der Waals surface area contributed by atoms with Gasteiger partial charge in [0.15, 0.2) is 11.9 Å². The van der Waals surface area contributed by atoms with Crippen LogP contribution < -0.4 is 10.1 Å². The lowest BCUT2D eigenvalue weighted by molar-refractivity contribution is 0.0519. The Kier molecular flexibility index (Phi) is 6.39. The third-order valence-corrected chi connectivity index (χ3v) is 8.78. The number of anilines is 1. The highest BCUT2D eigenvalue weighted by Gasteiger charge is 2.44. The average Bonchev–Trinajstić information content (AvgIpc) is 2.95. The Morgan fingerprint density at radius 1 is 1.21 bits per heavy atom. The predicted molar refractivity (Wildman–Crippen MR) is 135 cm³/mol. The van der Waals surface area contributed by atoms with Crippen LogP contribution in [0.25, 0.3) is 11.3 Å². The van der Waals surface area contributed by atoms with E-state index in [4.69, 9.17) is 9.72 Å². The molecule has 0 radical (unpaired) electrons. The Hall–Kier alpha value is -2.08. The molecule has 33 heavy (non-hydrogen) atoms. The highest BCUT2D eigenvalue weighted by Crippen LogP contribution is 2.52. The van der Waals surface area contributed by atoms with E-state index < -0.39 is 0 Å². The summed E-state index contributed by atoms with van der Waals surface area (Å²) in [7, 11) is 0. The molecular weight excluding hydrogens is 428 g/mol. The SMILES string of the molecule is CCCCSc1nnc2c(n1)O[C@@H]([C@@H]1C[C@@H]3C(=CCCC3(C)C)C[C@@H]1C)Nc1ccccc1-2. The van der Waals surface area contributed by atoms with Crippen LogP contribution in [0.3, 0.4) is 0 Å². The molecule has 5 rings (SSSR count). The van der Waals surface area contributed by atoms with Crippen molar-refractivity contribution in [2.24, 2.45) is 23.2 Å². The van der Waals surface area contributed by atoms with Crippen molar-refractivity contribution in [2.45, 2.75) is 77.6 Å². The molecule has 1 aliphatic heterocycles. The molecule has 0 spiro atoms. The number of fused-ring (bicyclic) bond motifs is 4. The van der Waals surface area contributed by atoms with Crippen LogP contribution in [0.5, 0.6) is 5.88 Å². The fraction of sp³-hybridized carbons (Fsp3) is 0.593. The Labute approximate surface area is 202 Å². The van der Waals surface area contributed by atoms with E-state index >= 15 is 0 Å². The van der Waals surface area contributed by atoms with Crippen LogP contribution in [0.1, 0.15) is 66.2 Å². The molecule has 0 bridgehead atoms. The van der Waals surface area contributed by atoms with E-state index in [1.807, 2.05) is 6.07 Å². The quantitative estimate of drug-likeness (QED) is 0.293. The predicted octanol–water partition coefficient (Wildman–Crippen LogP) is 6.97. The number of aromatic nitrogens is 3. The number of para-hydroxylation sites is 1. The van der Waals surface area contributed by atoms with Crippen molar-refractivity contribution in [2.75, 3.05) is 11.1 Å². The first kappa shape index (κ1) is 22.7. The molecule has 1 aromatic carbocycles. The summed E-state index contributed by atoms with van der Waals surface area (Å²) in [6.45, 7) is 9.48. The molecule has 2 aliphatic carbocycles. The zero-order valence-corrected chi connectivity index (χ0v) is 21.1. The van der Waals surface area contributed by atoms with Gasteiger partial charge in [0.05, 0.1) is 0 Å². The summed E-state index contributed by atoms with van der Waals surface area (Å²) >= 11 is 1.67. The van der Waals surface area contributed by atoms with Gasteiger partial charge in [0, 0.05) is 22.9 Å². The second-order valence-electron chi connectivity index (χ2n) is 10.6. The fourth-order valence-corrected chi connectivity index (χ4v) is 6.69. The largest absolute Gasteiger partial charge is 0.452 e. The number of nitrogens with zero attached hydrogens (tertiary/aromatic N) is 3. The summed E-state index contributed by atoms with van der Waals surface area (Å²) in [5.74, 6) is 3.18. The molecule has 1 aromatic heterocycles. The molecule has 0 saturated heterocycles. The van der Waals surface area contributed by atoms with Gasteiger partial charge < -0.3 is 10.1 Å². The topological polar surface area (TPSA) is 59.9 Å². The monoisotopic (exact) mass is 464 g/mol. The van der Waals surface area contributed by atoms with E-state index in [0.717, 1.165) is 48.4 Å². The van der Waals surface area contributed by atoms with Crippen LogP contribution in [-0.2, 0) is 0 Å². The maximum atomic E-state index is 6.69. The number of hydrogen-bond donors (Lipinski definition) is 1. The van der Waals surface area contributed by atoms with Crippen molar-refractivity contribution < 1.29 is 4.74 Å². The minimum absolute atomic E-state index is 0.133. The van der Waals surface area contributed by atoms with Crippen molar-refractivity contribution >= 4 is 17.4 Å². The Balaban J connectivity index is 1.48. The third-order valence-electron chi connectivity index (χ3n) is 7.85. The molecule has 0 amide bonds. The van der Waals surface area contributed by atoms with Gasteiger partial charge in [0.1, 0.15) is 0 Å². The molecule has 1 N–H and O–H groups in total. The first-order valence-corrected chi connectivity index (χ1v) is 13.5. The normalized spacial score (nSPS) is 27.7. The molecular formula is C27H36N4OS.